The molecule has 4 heteroatoms. The van der Waals surface area contributed by atoms with E-state index in [-0.39, 0.29) is 11.6 Å². The molecule has 0 saturated heterocycles. The van der Waals surface area contributed by atoms with Crippen molar-refractivity contribution < 1.29 is 8.78 Å². The Morgan fingerprint density at radius 3 is 0.944 bits per heavy atom. The van der Waals surface area contributed by atoms with E-state index >= 15 is 8.78 Å². The lowest BCUT2D eigenvalue weighted by molar-refractivity contribution is 0.490. The summed E-state index contributed by atoms with van der Waals surface area (Å²) >= 11 is 0. The quantitative estimate of drug-likeness (QED) is 0.120. The van der Waals surface area contributed by atoms with Crippen molar-refractivity contribution in [1.82, 2.24) is 0 Å². The molecule has 352 valence electrons. The molecule has 0 unspecified atom stereocenters. The summed E-state index contributed by atoms with van der Waals surface area (Å²) in [4.78, 5) is 4.68. The first-order valence-corrected chi connectivity index (χ1v) is 25.6. The minimum Gasteiger partial charge on any atom is -0.310 e. The summed E-state index contributed by atoms with van der Waals surface area (Å²) in [7, 11) is 0. The molecule has 10 aromatic carbocycles. The Bertz CT molecular complexity index is 3330. The van der Waals surface area contributed by atoms with Crippen molar-refractivity contribution >= 4 is 44.9 Å². The smallest absolute Gasteiger partial charge is 0.123 e. The van der Waals surface area contributed by atoms with Crippen LogP contribution in [-0.2, 0) is 10.8 Å². The first kappa shape index (κ1) is 45.1. The second-order valence-electron chi connectivity index (χ2n) is 19.5. The summed E-state index contributed by atoms with van der Waals surface area (Å²) in [5.41, 5.74) is 19.0. The summed E-state index contributed by atoms with van der Waals surface area (Å²) in [5.74, 6) is -0.565. The van der Waals surface area contributed by atoms with Gasteiger partial charge in [-0.25, -0.2) is 8.78 Å². The Labute approximate surface area is 422 Å². The summed E-state index contributed by atoms with van der Waals surface area (Å²) in [6.07, 6.45) is 3.38. The average molecular weight is 939 g/mol. The number of halogens is 2. The lowest BCUT2D eigenvalue weighted by Crippen LogP contribution is -2.24. The topological polar surface area (TPSA) is 6.48 Å². The molecular formula is C68H56F2N2. The first-order chi connectivity index (χ1) is 35.3. The molecule has 0 bridgehead atoms. The van der Waals surface area contributed by atoms with Gasteiger partial charge in [0.1, 0.15) is 11.6 Å². The molecular weight excluding hydrogens is 883 g/mol. The van der Waals surface area contributed by atoms with Crippen molar-refractivity contribution in [2.45, 2.75) is 64.2 Å². The normalized spacial score (nSPS) is 13.6. The molecule has 0 saturated carbocycles. The van der Waals surface area contributed by atoms with Crippen LogP contribution in [0.15, 0.2) is 218 Å². The van der Waals surface area contributed by atoms with E-state index in [9.17, 15) is 0 Å². The van der Waals surface area contributed by atoms with Gasteiger partial charge in [-0.05, 0) is 212 Å². The highest BCUT2D eigenvalue weighted by molar-refractivity contribution is 6.17. The van der Waals surface area contributed by atoms with Crippen LogP contribution in [0.5, 0.6) is 0 Å². The Kier molecular flexibility index (Phi) is 11.2. The van der Waals surface area contributed by atoms with Crippen LogP contribution in [0.25, 0.3) is 55.3 Å². The van der Waals surface area contributed by atoms with E-state index in [1.165, 1.54) is 45.5 Å². The van der Waals surface area contributed by atoms with E-state index in [4.69, 9.17) is 0 Å². The maximum atomic E-state index is 16.0. The van der Waals surface area contributed by atoms with Gasteiger partial charge in [-0.2, -0.15) is 0 Å². The number of anilines is 6. The third-order valence-electron chi connectivity index (χ3n) is 16.3. The molecule has 0 atom stereocenters. The lowest BCUT2D eigenvalue weighted by atomic mass is 9.71. The van der Waals surface area contributed by atoms with Gasteiger partial charge in [-0.3, -0.25) is 0 Å². The number of fused-ring (bicyclic) bond motifs is 7. The van der Waals surface area contributed by atoms with Gasteiger partial charge in [0.2, 0.25) is 0 Å². The van der Waals surface area contributed by atoms with Crippen molar-refractivity contribution in [3.63, 3.8) is 0 Å². The second-order valence-corrected chi connectivity index (χ2v) is 19.5. The molecule has 2 aliphatic carbocycles. The average Bonchev–Trinajstić information content (AvgIpc) is 3.87. The number of hydrogen-bond donors (Lipinski definition) is 0. The van der Waals surface area contributed by atoms with Gasteiger partial charge in [0, 0.05) is 45.0 Å². The molecule has 2 nitrogen and oxygen atoms in total. The number of nitrogens with zero attached hydrogens (tertiary/aromatic N) is 2. The minimum absolute atomic E-state index is 0.283. The maximum absolute atomic E-state index is 16.0. The van der Waals surface area contributed by atoms with Crippen molar-refractivity contribution in [3.05, 3.63) is 252 Å². The maximum Gasteiger partial charge on any atom is 0.123 e. The number of para-hydroxylation sites is 4. The molecule has 0 aromatic heterocycles. The lowest BCUT2D eigenvalue weighted by Gasteiger charge is -2.33. The summed E-state index contributed by atoms with van der Waals surface area (Å²) in [6, 6.07) is 75.5. The van der Waals surface area contributed by atoms with Crippen molar-refractivity contribution in [1.29, 1.82) is 0 Å². The molecule has 0 N–H and O–H groups in total. The van der Waals surface area contributed by atoms with E-state index in [2.05, 4.69) is 219 Å². The Balaban J connectivity index is 1.18. The highest BCUT2D eigenvalue weighted by atomic mass is 19.1. The van der Waals surface area contributed by atoms with Crippen LogP contribution >= 0.6 is 0 Å². The summed E-state index contributed by atoms with van der Waals surface area (Å²) in [6.45, 7) is 9.23. The van der Waals surface area contributed by atoms with Crippen LogP contribution in [0.2, 0.25) is 0 Å². The van der Waals surface area contributed by atoms with Gasteiger partial charge in [0.25, 0.3) is 0 Å². The van der Waals surface area contributed by atoms with Gasteiger partial charge < -0.3 is 9.80 Å². The Morgan fingerprint density at radius 1 is 0.306 bits per heavy atom. The number of rotatable bonds is 12. The zero-order valence-electron chi connectivity index (χ0n) is 41.3. The van der Waals surface area contributed by atoms with Crippen molar-refractivity contribution in [2.75, 3.05) is 9.80 Å². The molecule has 2 aliphatic rings. The second kappa shape index (κ2) is 18.0. The van der Waals surface area contributed by atoms with Gasteiger partial charge in [0.05, 0.1) is 0 Å². The fourth-order valence-corrected chi connectivity index (χ4v) is 12.8. The van der Waals surface area contributed by atoms with Crippen molar-refractivity contribution in [3.8, 4) is 44.5 Å². The number of benzene rings is 10. The molecule has 0 heterocycles. The molecule has 0 fully saturated rings. The largest absolute Gasteiger partial charge is 0.310 e. The Morgan fingerprint density at radius 2 is 0.639 bits per heavy atom. The molecule has 0 radical (unpaired) electrons. The van der Waals surface area contributed by atoms with E-state index in [1.807, 2.05) is 12.1 Å². The van der Waals surface area contributed by atoms with Gasteiger partial charge in [0.15, 0.2) is 0 Å². The highest BCUT2D eigenvalue weighted by Gasteiger charge is 2.46. The predicted octanol–water partition coefficient (Wildman–Crippen LogP) is 19.6. The fraction of sp³-hybridized carbons (Fsp3) is 0.147. The van der Waals surface area contributed by atoms with Crippen LogP contribution < -0.4 is 9.80 Å². The molecule has 0 amide bonds. The molecule has 0 aliphatic heterocycles. The summed E-state index contributed by atoms with van der Waals surface area (Å²) < 4.78 is 31.9. The van der Waals surface area contributed by atoms with Gasteiger partial charge in [-0.15, -0.1) is 0 Å². The van der Waals surface area contributed by atoms with E-state index in [0.717, 1.165) is 104 Å². The molecule has 10 aromatic rings. The van der Waals surface area contributed by atoms with Crippen LogP contribution in [0, 0.1) is 11.6 Å². The van der Waals surface area contributed by atoms with E-state index in [0.29, 0.717) is 0 Å². The van der Waals surface area contributed by atoms with Crippen LogP contribution in [0.1, 0.15) is 75.6 Å². The minimum atomic E-state index is -0.393. The van der Waals surface area contributed by atoms with Crippen molar-refractivity contribution in [2.24, 2.45) is 0 Å². The number of hydrogen-bond acceptors (Lipinski definition) is 2. The van der Waals surface area contributed by atoms with Gasteiger partial charge >= 0.3 is 0 Å². The zero-order valence-corrected chi connectivity index (χ0v) is 41.3. The molecule has 72 heavy (non-hydrogen) atoms. The Hall–Kier alpha value is -8.08. The summed E-state index contributed by atoms with van der Waals surface area (Å²) in [5, 5.41) is 2.08. The predicted molar refractivity (Wildman–Crippen MR) is 298 cm³/mol. The van der Waals surface area contributed by atoms with E-state index in [1.54, 1.807) is 12.1 Å². The fourth-order valence-electron chi connectivity index (χ4n) is 12.8. The highest BCUT2D eigenvalue weighted by Crippen LogP contribution is 2.63. The zero-order chi connectivity index (χ0) is 49.1. The third kappa shape index (κ3) is 6.94. The van der Waals surface area contributed by atoms with Crippen LogP contribution in [0.4, 0.5) is 42.9 Å². The SMILES string of the molecule is CCC1(CC)c2cc(N(c3ccccc3)c3ccccc3)ccc2-c2c1cc1c(-c3cccc(F)c3)c3c(cc1c2-c1cccc(F)c1)C(CC)(CC)c1cc(N(c2ccccc2)c2ccccc2)ccc1-3. The first-order valence-electron chi connectivity index (χ1n) is 25.6. The monoisotopic (exact) mass is 938 g/mol. The van der Waals surface area contributed by atoms with Gasteiger partial charge in [-0.1, -0.05) is 137 Å². The molecule has 12 rings (SSSR count). The third-order valence-corrected chi connectivity index (χ3v) is 16.3. The van der Waals surface area contributed by atoms with Crippen LogP contribution in [-0.4, -0.2) is 0 Å². The van der Waals surface area contributed by atoms with E-state index < -0.39 is 10.8 Å². The molecule has 0 spiro atoms. The standard InChI is InChI=1S/C68H56F2N2/c1-5-67(6-2)59-41-53(71(49-27-13-9-14-28-49)50-29-15-10-16-30-50)35-37-55(59)65-61(67)43-57-58(63(65)45-23-21-25-47(69)39-45)44-62-66(64(57)46-24-22-26-48(70)40-46)56-38-36-54(42-60(56)68(62,7-3)8-4)72(51-31-17-11-18-32-51)52-33-19-12-20-34-52/h9-44H,5-8H2,1-4H3. The van der Waals surface area contributed by atoms with Crippen LogP contribution in [0.3, 0.4) is 0 Å².